The number of hydrogen-bond acceptors (Lipinski definition) is 1. The van der Waals surface area contributed by atoms with Crippen molar-refractivity contribution in [2.24, 2.45) is 10.4 Å². The van der Waals surface area contributed by atoms with Gasteiger partial charge in [-0.15, -0.1) is 6.58 Å². The first-order valence-electron chi connectivity index (χ1n) is 3.14. The molecule has 1 atom stereocenters. The Morgan fingerprint density at radius 3 is 2.11 bits per heavy atom. The predicted octanol–water partition coefficient (Wildman–Crippen LogP) is 2.29. The first-order chi connectivity index (χ1) is 4.04. The van der Waals surface area contributed by atoms with Gasteiger partial charge in [-0.05, 0) is 13.6 Å². The molecular weight excluding hydrogens is 110 g/mol. The molecule has 1 heteroatoms. The zero-order valence-electron chi connectivity index (χ0n) is 6.52. The Balaban J connectivity index is 4.11. The van der Waals surface area contributed by atoms with Crippen molar-refractivity contribution < 1.29 is 0 Å². The molecule has 1 nitrogen and oxygen atoms in total. The smallest absolute Gasteiger partial charge is 0.0549 e. The Morgan fingerprint density at radius 2 is 2.00 bits per heavy atom. The first kappa shape index (κ1) is 8.41. The molecular formula is C8H15N. The van der Waals surface area contributed by atoms with Crippen LogP contribution in [0.15, 0.2) is 17.6 Å². The molecule has 0 spiro atoms. The summed E-state index contributed by atoms with van der Waals surface area (Å²) in [7, 11) is 0. The van der Waals surface area contributed by atoms with Gasteiger partial charge < -0.3 is 0 Å². The van der Waals surface area contributed by atoms with Gasteiger partial charge in [-0.25, -0.2) is 0 Å². The summed E-state index contributed by atoms with van der Waals surface area (Å²) in [4.78, 5) is 3.91. The lowest BCUT2D eigenvalue weighted by atomic mass is 9.86. The summed E-state index contributed by atoms with van der Waals surface area (Å²) >= 11 is 0. The van der Waals surface area contributed by atoms with Crippen LogP contribution in [0.2, 0.25) is 0 Å². The van der Waals surface area contributed by atoms with Gasteiger partial charge in [0, 0.05) is 5.41 Å². The maximum atomic E-state index is 3.91. The third kappa shape index (κ3) is 2.00. The topological polar surface area (TPSA) is 12.4 Å². The van der Waals surface area contributed by atoms with Crippen molar-refractivity contribution >= 4 is 6.72 Å². The third-order valence-electron chi connectivity index (χ3n) is 1.88. The van der Waals surface area contributed by atoms with Crippen molar-refractivity contribution in [3.8, 4) is 0 Å². The summed E-state index contributed by atoms with van der Waals surface area (Å²) in [6, 6.07) is 0.259. The van der Waals surface area contributed by atoms with E-state index in [0.717, 1.165) is 0 Å². The molecule has 0 saturated heterocycles. The van der Waals surface area contributed by atoms with Gasteiger partial charge in [0.05, 0.1) is 6.04 Å². The van der Waals surface area contributed by atoms with Crippen LogP contribution in [0.5, 0.6) is 0 Å². The van der Waals surface area contributed by atoms with Crippen LogP contribution in [0, 0.1) is 5.41 Å². The fourth-order valence-corrected chi connectivity index (χ4v) is 0.406. The first-order valence-corrected chi connectivity index (χ1v) is 3.14. The van der Waals surface area contributed by atoms with E-state index in [1.165, 1.54) is 0 Å². The van der Waals surface area contributed by atoms with Crippen LogP contribution in [0.3, 0.4) is 0 Å². The molecule has 0 N–H and O–H groups in total. The summed E-state index contributed by atoms with van der Waals surface area (Å²) in [6.45, 7) is 13.4. The Labute approximate surface area is 57.5 Å². The highest BCUT2D eigenvalue weighted by molar-refractivity contribution is 5.25. The summed E-state index contributed by atoms with van der Waals surface area (Å²) in [6.07, 6.45) is 1.91. The molecule has 0 saturated carbocycles. The molecule has 0 aliphatic carbocycles. The SMILES string of the molecule is C=CC(C)(C)C(C)N=C. The number of aliphatic imine (C=N–C) groups is 1. The minimum absolute atomic E-state index is 0.0851. The van der Waals surface area contributed by atoms with Crippen molar-refractivity contribution in [1.29, 1.82) is 0 Å². The van der Waals surface area contributed by atoms with E-state index in [1.807, 2.05) is 13.0 Å². The monoisotopic (exact) mass is 125 g/mol. The molecule has 0 bridgehead atoms. The maximum Gasteiger partial charge on any atom is 0.0549 e. The highest BCUT2D eigenvalue weighted by Gasteiger charge is 2.19. The molecule has 9 heavy (non-hydrogen) atoms. The van der Waals surface area contributed by atoms with Crippen molar-refractivity contribution in [3.63, 3.8) is 0 Å². The van der Waals surface area contributed by atoms with Crippen molar-refractivity contribution in [1.82, 2.24) is 0 Å². The minimum Gasteiger partial charge on any atom is -0.297 e. The van der Waals surface area contributed by atoms with Gasteiger partial charge in [0.2, 0.25) is 0 Å². The van der Waals surface area contributed by atoms with Crippen LogP contribution in [0.4, 0.5) is 0 Å². The molecule has 0 aromatic carbocycles. The van der Waals surface area contributed by atoms with Crippen LogP contribution < -0.4 is 0 Å². The van der Waals surface area contributed by atoms with Gasteiger partial charge in [0.15, 0.2) is 0 Å². The average Bonchev–Trinajstić information content (AvgIpc) is 1.86. The summed E-state index contributed by atoms with van der Waals surface area (Å²) in [5, 5.41) is 0. The van der Waals surface area contributed by atoms with Crippen LogP contribution in [0.1, 0.15) is 20.8 Å². The maximum absolute atomic E-state index is 3.91. The summed E-state index contributed by atoms with van der Waals surface area (Å²) in [5.41, 5.74) is 0.0851. The number of rotatable bonds is 3. The molecule has 0 fully saturated rings. The van der Waals surface area contributed by atoms with Crippen LogP contribution in [-0.2, 0) is 0 Å². The zero-order valence-corrected chi connectivity index (χ0v) is 6.52. The second-order valence-electron chi connectivity index (χ2n) is 2.88. The molecule has 0 aliphatic rings. The molecule has 0 rings (SSSR count). The molecule has 0 heterocycles. The Hall–Kier alpha value is -0.590. The molecule has 0 aliphatic heterocycles. The average molecular weight is 125 g/mol. The lowest BCUT2D eigenvalue weighted by molar-refractivity contribution is 0.399. The van der Waals surface area contributed by atoms with E-state index in [-0.39, 0.29) is 11.5 Å². The van der Waals surface area contributed by atoms with Gasteiger partial charge in [-0.3, -0.25) is 4.99 Å². The van der Waals surface area contributed by atoms with Crippen LogP contribution in [-0.4, -0.2) is 12.8 Å². The second-order valence-corrected chi connectivity index (χ2v) is 2.88. The third-order valence-corrected chi connectivity index (χ3v) is 1.88. The van der Waals surface area contributed by atoms with Crippen molar-refractivity contribution in [3.05, 3.63) is 12.7 Å². The standard InChI is InChI=1S/C8H15N/c1-6-8(3,4)7(2)9-5/h6-7H,1,5H2,2-4H3. The van der Waals surface area contributed by atoms with Gasteiger partial charge >= 0.3 is 0 Å². The quantitative estimate of drug-likeness (QED) is 0.405. The minimum atomic E-state index is 0.0851. The van der Waals surface area contributed by atoms with E-state index in [9.17, 15) is 0 Å². The van der Waals surface area contributed by atoms with E-state index in [0.29, 0.717) is 0 Å². The van der Waals surface area contributed by atoms with Crippen molar-refractivity contribution in [2.75, 3.05) is 0 Å². The largest absolute Gasteiger partial charge is 0.297 e. The normalized spacial score (nSPS) is 14.6. The van der Waals surface area contributed by atoms with Crippen molar-refractivity contribution in [2.45, 2.75) is 26.8 Å². The fourth-order valence-electron chi connectivity index (χ4n) is 0.406. The predicted molar refractivity (Wildman–Crippen MR) is 43.0 cm³/mol. The molecule has 1 unspecified atom stereocenters. The van der Waals surface area contributed by atoms with Gasteiger partial charge in [0.1, 0.15) is 0 Å². The Bertz CT molecular complexity index is 114. The van der Waals surface area contributed by atoms with E-state index in [2.05, 4.69) is 32.1 Å². The molecule has 0 amide bonds. The second kappa shape index (κ2) is 2.81. The van der Waals surface area contributed by atoms with E-state index < -0.39 is 0 Å². The molecule has 52 valence electrons. The van der Waals surface area contributed by atoms with Gasteiger partial charge in [-0.2, -0.15) is 0 Å². The Kier molecular flexibility index (Phi) is 2.63. The molecule has 0 radical (unpaired) electrons. The Morgan fingerprint density at radius 1 is 1.56 bits per heavy atom. The lowest BCUT2D eigenvalue weighted by Crippen LogP contribution is -2.21. The van der Waals surface area contributed by atoms with Gasteiger partial charge in [0.25, 0.3) is 0 Å². The van der Waals surface area contributed by atoms with Gasteiger partial charge in [-0.1, -0.05) is 19.9 Å². The summed E-state index contributed by atoms with van der Waals surface area (Å²) in [5.74, 6) is 0. The van der Waals surface area contributed by atoms with E-state index in [1.54, 1.807) is 0 Å². The highest BCUT2D eigenvalue weighted by atomic mass is 14.8. The zero-order chi connectivity index (χ0) is 7.49. The van der Waals surface area contributed by atoms with E-state index in [4.69, 9.17) is 0 Å². The van der Waals surface area contributed by atoms with Crippen LogP contribution in [0.25, 0.3) is 0 Å². The number of hydrogen-bond donors (Lipinski definition) is 0. The van der Waals surface area contributed by atoms with Crippen LogP contribution >= 0.6 is 0 Å². The number of nitrogens with zero attached hydrogens (tertiary/aromatic N) is 1. The molecule has 0 aromatic heterocycles. The lowest BCUT2D eigenvalue weighted by Gasteiger charge is -2.23. The fraction of sp³-hybridized carbons (Fsp3) is 0.625. The highest BCUT2D eigenvalue weighted by Crippen LogP contribution is 2.23. The summed E-state index contributed by atoms with van der Waals surface area (Å²) < 4.78 is 0. The van der Waals surface area contributed by atoms with E-state index >= 15 is 0 Å². The molecule has 0 aromatic rings.